The Morgan fingerprint density at radius 3 is 2.62 bits per heavy atom. The van der Waals surface area contributed by atoms with Gasteiger partial charge in [-0.05, 0) is 24.7 Å². The van der Waals surface area contributed by atoms with Gasteiger partial charge in [-0.3, -0.25) is 0 Å². The van der Waals surface area contributed by atoms with Crippen LogP contribution in [0, 0.1) is 5.41 Å². The monoisotopic (exact) mass is 298 g/mol. The highest BCUT2D eigenvalue weighted by atomic mass is 16.5. The summed E-state index contributed by atoms with van der Waals surface area (Å²) >= 11 is 0. The van der Waals surface area contributed by atoms with Crippen molar-refractivity contribution < 1.29 is 19.4 Å². The van der Waals surface area contributed by atoms with Crippen molar-refractivity contribution in [3.63, 3.8) is 0 Å². The molecule has 0 radical (unpaired) electrons. The molecule has 2 atom stereocenters. The van der Waals surface area contributed by atoms with E-state index in [1.165, 1.54) is 0 Å². The Morgan fingerprint density at radius 1 is 1.29 bits per heavy atom. The minimum Gasteiger partial charge on any atom is -0.480 e. The molecular formula is C15H26N2O4. The fourth-order valence-electron chi connectivity index (χ4n) is 3.48. The van der Waals surface area contributed by atoms with E-state index in [9.17, 15) is 14.7 Å². The Kier molecular flexibility index (Phi) is 4.76. The molecule has 2 saturated heterocycles. The van der Waals surface area contributed by atoms with Crippen LogP contribution in [0.25, 0.3) is 0 Å². The second-order valence-corrected chi connectivity index (χ2v) is 6.64. The van der Waals surface area contributed by atoms with Gasteiger partial charge >= 0.3 is 12.0 Å². The maximum absolute atomic E-state index is 12.9. The lowest BCUT2D eigenvalue weighted by Gasteiger charge is -2.47. The second kappa shape index (κ2) is 6.22. The number of likely N-dealkylation sites (tertiary alicyclic amines) is 1. The number of aliphatic carboxylic acids is 1. The van der Waals surface area contributed by atoms with Crippen molar-refractivity contribution >= 4 is 12.0 Å². The lowest BCUT2D eigenvalue weighted by atomic mass is 9.76. The highest BCUT2D eigenvalue weighted by Gasteiger charge is 2.46. The van der Waals surface area contributed by atoms with E-state index < -0.39 is 17.4 Å². The van der Waals surface area contributed by atoms with E-state index in [2.05, 4.69) is 0 Å². The number of hydrogen-bond acceptors (Lipinski definition) is 3. The van der Waals surface area contributed by atoms with Crippen molar-refractivity contribution in [1.29, 1.82) is 0 Å². The average Bonchev–Trinajstić information content (AvgIpc) is 2.44. The molecule has 0 aromatic heterocycles. The van der Waals surface area contributed by atoms with Crippen LogP contribution in [0.3, 0.4) is 0 Å². The SMILES string of the molecule is CCC1COCCN1C(=O)N1CCCC(C)(C)C1C(=O)O. The van der Waals surface area contributed by atoms with Gasteiger partial charge in [0.15, 0.2) is 0 Å². The molecule has 21 heavy (non-hydrogen) atoms. The number of morpholine rings is 1. The van der Waals surface area contributed by atoms with Crippen molar-refractivity contribution in [3.05, 3.63) is 0 Å². The zero-order chi connectivity index (χ0) is 15.6. The Balaban J connectivity index is 2.21. The molecular weight excluding hydrogens is 272 g/mol. The molecule has 0 aromatic rings. The maximum Gasteiger partial charge on any atom is 0.327 e. The van der Waals surface area contributed by atoms with E-state index in [0.29, 0.717) is 26.3 Å². The molecule has 2 unspecified atom stereocenters. The van der Waals surface area contributed by atoms with Gasteiger partial charge in [0.25, 0.3) is 0 Å². The van der Waals surface area contributed by atoms with Crippen LogP contribution in [0.4, 0.5) is 4.79 Å². The van der Waals surface area contributed by atoms with Gasteiger partial charge in [-0.25, -0.2) is 9.59 Å². The zero-order valence-electron chi connectivity index (χ0n) is 13.2. The molecule has 6 heteroatoms. The number of rotatable bonds is 2. The van der Waals surface area contributed by atoms with Crippen LogP contribution in [0.1, 0.15) is 40.0 Å². The van der Waals surface area contributed by atoms with Gasteiger partial charge in [-0.15, -0.1) is 0 Å². The number of hydrogen-bond donors (Lipinski definition) is 1. The Labute approximate surface area is 126 Å². The van der Waals surface area contributed by atoms with Crippen molar-refractivity contribution in [3.8, 4) is 0 Å². The smallest absolute Gasteiger partial charge is 0.327 e. The van der Waals surface area contributed by atoms with Gasteiger partial charge in [0, 0.05) is 13.1 Å². The fraction of sp³-hybridized carbons (Fsp3) is 0.867. The molecule has 0 aromatic carbocycles. The molecule has 0 saturated carbocycles. The molecule has 0 bridgehead atoms. The van der Waals surface area contributed by atoms with Crippen LogP contribution in [0.15, 0.2) is 0 Å². The number of carbonyl (C=O) groups is 2. The molecule has 2 fully saturated rings. The third kappa shape index (κ3) is 3.15. The largest absolute Gasteiger partial charge is 0.480 e. The normalized spacial score (nSPS) is 29.3. The first-order valence-electron chi connectivity index (χ1n) is 7.76. The molecule has 2 heterocycles. The third-order valence-corrected chi connectivity index (χ3v) is 4.70. The first-order chi connectivity index (χ1) is 9.88. The number of carboxylic acid groups (broad SMARTS) is 1. The first-order valence-corrected chi connectivity index (χ1v) is 7.76. The summed E-state index contributed by atoms with van der Waals surface area (Å²) in [7, 11) is 0. The maximum atomic E-state index is 12.9. The number of carboxylic acids is 1. The van der Waals surface area contributed by atoms with E-state index in [4.69, 9.17) is 4.74 Å². The van der Waals surface area contributed by atoms with Gasteiger partial charge in [-0.2, -0.15) is 0 Å². The average molecular weight is 298 g/mol. The summed E-state index contributed by atoms with van der Waals surface area (Å²) in [6, 6.07) is -0.852. The minimum absolute atomic E-state index is 0.0470. The quantitative estimate of drug-likeness (QED) is 0.844. The zero-order valence-corrected chi connectivity index (χ0v) is 13.2. The third-order valence-electron chi connectivity index (χ3n) is 4.70. The van der Waals surface area contributed by atoms with Gasteiger partial charge in [0.05, 0.1) is 19.3 Å². The number of piperidine rings is 1. The van der Waals surface area contributed by atoms with Gasteiger partial charge < -0.3 is 19.6 Å². The van der Waals surface area contributed by atoms with E-state index in [1.807, 2.05) is 20.8 Å². The van der Waals surface area contributed by atoms with Crippen molar-refractivity contribution in [2.75, 3.05) is 26.3 Å². The number of nitrogens with zero attached hydrogens (tertiary/aromatic N) is 2. The predicted molar refractivity (Wildman–Crippen MR) is 78.1 cm³/mol. The van der Waals surface area contributed by atoms with Crippen LogP contribution in [-0.2, 0) is 9.53 Å². The Bertz CT molecular complexity index is 410. The molecule has 0 aliphatic carbocycles. The molecule has 2 aliphatic heterocycles. The molecule has 2 amide bonds. The summed E-state index contributed by atoms with van der Waals surface area (Å²) in [6.45, 7) is 8.01. The molecule has 0 spiro atoms. The van der Waals surface area contributed by atoms with E-state index in [1.54, 1.807) is 9.80 Å². The summed E-state index contributed by atoms with van der Waals surface area (Å²) in [6.07, 6.45) is 2.50. The van der Waals surface area contributed by atoms with Gasteiger partial charge in [0.2, 0.25) is 0 Å². The highest BCUT2D eigenvalue weighted by molar-refractivity contribution is 5.84. The lowest BCUT2D eigenvalue weighted by Crippen LogP contribution is -2.62. The molecule has 2 rings (SSSR count). The van der Waals surface area contributed by atoms with Crippen molar-refractivity contribution in [1.82, 2.24) is 9.80 Å². The van der Waals surface area contributed by atoms with Crippen LogP contribution >= 0.6 is 0 Å². The summed E-state index contributed by atoms with van der Waals surface area (Å²) < 4.78 is 5.43. The Morgan fingerprint density at radius 2 is 2.00 bits per heavy atom. The predicted octanol–water partition coefficient (Wildman–Crippen LogP) is 1.79. The molecule has 6 nitrogen and oxygen atoms in total. The van der Waals surface area contributed by atoms with Crippen LogP contribution < -0.4 is 0 Å². The first kappa shape index (κ1) is 16.1. The lowest BCUT2D eigenvalue weighted by molar-refractivity contribution is -0.149. The summed E-state index contributed by atoms with van der Waals surface area (Å²) in [5, 5.41) is 9.58. The van der Waals surface area contributed by atoms with Crippen LogP contribution in [0.2, 0.25) is 0 Å². The number of carbonyl (C=O) groups excluding carboxylic acids is 1. The summed E-state index contributed by atoms with van der Waals surface area (Å²) in [4.78, 5) is 27.9. The van der Waals surface area contributed by atoms with Gasteiger partial charge in [0.1, 0.15) is 6.04 Å². The standard InChI is InChI=1S/C15H26N2O4/c1-4-11-10-21-9-8-16(11)14(20)17-7-5-6-15(2,3)12(17)13(18)19/h11-12H,4-10H2,1-3H3,(H,18,19). The number of ether oxygens (including phenoxy) is 1. The molecule has 1 N–H and O–H groups in total. The van der Waals surface area contributed by atoms with Gasteiger partial charge in [-0.1, -0.05) is 20.8 Å². The van der Waals surface area contributed by atoms with E-state index in [0.717, 1.165) is 19.3 Å². The Hall–Kier alpha value is -1.30. The number of urea groups is 1. The van der Waals surface area contributed by atoms with E-state index >= 15 is 0 Å². The summed E-state index contributed by atoms with van der Waals surface area (Å²) in [5.41, 5.74) is -0.395. The summed E-state index contributed by atoms with van der Waals surface area (Å²) in [5.74, 6) is -0.908. The molecule has 120 valence electrons. The fourth-order valence-corrected chi connectivity index (χ4v) is 3.48. The topological polar surface area (TPSA) is 70.1 Å². The van der Waals surface area contributed by atoms with Crippen molar-refractivity contribution in [2.45, 2.75) is 52.1 Å². The number of amides is 2. The second-order valence-electron chi connectivity index (χ2n) is 6.64. The van der Waals surface area contributed by atoms with Crippen LogP contribution in [0.5, 0.6) is 0 Å². The van der Waals surface area contributed by atoms with Crippen LogP contribution in [-0.4, -0.2) is 65.3 Å². The van der Waals surface area contributed by atoms with E-state index in [-0.39, 0.29) is 12.1 Å². The molecule has 2 aliphatic rings. The highest BCUT2D eigenvalue weighted by Crippen LogP contribution is 2.36. The minimum atomic E-state index is -0.908. The van der Waals surface area contributed by atoms with Crippen molar-refractivity contribution in [2.24, 2.45) is 5.41 Å².